The Kier molecular flexibility index (Phi) is 12.7. The molecule has 0 saturated carbocycles. The van der Waals surface area contributed by atoms with Gasteiger partial charge in [-0.25, -0.2) is 4.98 Å². The molecule has 0 saturated heterocycles. The van der Waals surface area contributed by atoms with Gasteiger partial charge in [0.05, 0.1) is 12.3 Å². The number of para-hydroxylation sites is 3. The van der Waals surface area contributed by atoms with Crippen molar-refractivity contribution in [3.05, 3.63) is 220 Å². The Labute approximate surface area is 588 Å². The number of hydrogen-bond acceptors (Lipinski definition) is 4. The van der Waals surface area contributed by atoms with Crippen LogP contribution in [0.3, 0.4) is 0 Å². The van der Waals surface area contributed by atoms with Gasteiger partial charge in [0.15, 0.2) is 0 Å². The molecule has 0 spiro atoms. The van der Waals surface area contributed by atoms with Crippen LogP contribution in [0.5, 0.6) is 11.5 Å². The fourth-order valence-corrected chi connectivity index (χ4v) is 14.4. The third-order valence-electron chi connectivity index (χ3n) is 20.3. The van der Waals surface area contributed by atoms with Crippen molar-refractivity contribution in [1.29, 1.82) is 0 Å². The number of nitrogens with zero attached hydrogens (tertiary/aromatic N) is 4. The Morgan fingerprint density at radius 2 is 1.04 bits per heavy atom. The average molecular weight is 1420 g/mol. The summed E-state index contributed by atoms with van der Waals surface area (Å²) in [7, 11) is 0. The maximum Gasteiger partial charge on any atom is 0.135 e. The molecule has 13 rings (SSSR count). The molecule has 2 aliphatic carbocycles. The Bertz CT molecular complexity index is 5150. The van der Waals surface area contributed by atoms with Gasteiger partial charge in [-0.3, -0.25) is 0 Å². The van der Waals surface area contributed by atoms with Crippen molar-refractivity contribution in [2.75, 3.05) is 9.80 Å². The average Bonchev–Trinajstić information content (AvgIpc) is 1.29. The molecule has 0 unspecified atom stereocenters. The van der Waals surface area contributed by atoms with Crippen molar-refractivity contribution in [2.45, 2.75) is 214 Å². The van der Waals surface area contributed by atoms with E-state index in [0.29, 0.717) is 33.6 Å². The minimum absolute atomic E-state index is 0. The van der Waals surface area contributed by atoms with Gasteiger partial charge in [-0.1, -0.05) is 229 Å². The number of benzene rings is 8. The van der Waals surface area contributed by atoms with Crippen molar-refractivity contribution in [3.8, 4) is 50.7 Å². The van der Waals surface area contributed by atoms with Crippen molar-refractivity contribution in [3.63, 3.8) is 0 Å². The molecule has 2 aromatic heterocycles. The number of ether oxygens (including phenoxy) is 1. The van der Waals surface area contributed by atoms with Gasteiger partial charge in [-0.15, -0.1) is 53.6 Å². The molecule has 93 heavy (non-hydrogen) atoms. The molecule has 0 atom stereocenters. The standard InChI is InChI=1S/C87H97N4O.Pt/c1-54-41-75(88-52-68(54)76-77-69(84(14,15)37-39-86(77,18)19)51-70-78(76)87(20,21)40-38-85(70,16)17)91-71-32-26-25-31-64(71)65-36-35-62(50-74(65)91)92-63-46-59(82(8,9)10)45-61(49-63)89-53-90(73-34-28-27-33-72(73)89)79-66(55-29-23-22-24-30-55)47-60(83(11,12)13)48-67(79)56-42-57(80(2,3)4)44-58(43-56)81(5,6)7;/h22-36,41-48,51-53H,37-40H2,1-21H3;/q-3;/i1D3,22D,23D,24D,25D,26D,29D,30D,31D,32D;. The SMILES string of the molecule is [2H]c1c([2H])c([2H])c(-c2cc(C(C)(C)C)cc(-c3cc(C(C)(C)C)cc(C(C)(C)C)c3)c2N2[CH-]N(c3[c-]c(Oc4[c-]c5c(cc4)c4c([2H])c([2H])c([2H])c([2H])c4n5-c4cc(C([2H])([2H])[2H])c(-c5c6c(cc7c5C(C)(C)CCC7(C)C)C(C)(C)CCC6(C)C)cn4)cc(C(C)(C)C)c3)c3ccccc32)c([2H])c1[2H].[Pt]. The van der Waals surface area contributed by atoms with E-state index in [2.05, 4.69) is 192 Å². The van der Waals surface area contributed by atoms with Gasteiger partial charge >= 0.3 is 0 Å². The quantitative estimate of drug-likeness (QED) is 0.142. The predicted octanol–water partition coefficient (Wildman–Crippen LogP) is 24.2. The predicted molar refractivity (Wildman–Crippen MR) is 391 cm³/mol. The van der Waals surface area contributed by atoms with Gasteiger partial charge in [-0.2, -0.15) is 6.07 Å². The summed E-state index contributed by atoms with van der Waals surface area (Å²) in [6.45, 7) is 43.5. The maximum absolute atomic E-state index is 9.63. The van der Waals surface area contributed by atoms with Gasteiger partial charge < -0.3 is 19.1 Å². The zero-order chi connectivity index (χ0) is 76.1. The first-order valence-electron chi connectivity index (χ1n) is 38.9. The van der Waals surface area contributed by atoms with Crippen LogP contribution < -0.4 is 14.5 Å². The van der Waals surface area contributed by atoms with E-state index in [0.717, 1.165) is 87.1 Å². The van der Waals surface area contributed by atoms with Crippen LogP contribution in [-0.2, 0) is 64.4 Å². The summed E-state index contributed by atoms with van der Waals surface area (Å²) in [5.74, 6) is 0.651. The zero-order valence-electron chi connectivity index (χ0n) is 70.2. The van der Waals surface area contributed by atoms with Crippen LogP contribution in [0.1, 0.15) is 231 Å². The first kappa shape index (κ1) is 52.1. The number of aryl methyl sites for hydroxylation is 1. The van der Waals surface area contributed by atoms with Crippen LogP contribution in [-0.4, -0.2) is 9.55 Å². The van der Waals surface area contributed by atoms with Gasteiger partial charge in [0.2, 0.25) is 0 Å². The third kappa shape index (κ3) is 11.7. The van der Waals surface area contributed by atoms with E-state index in [4.69, 9.17) is 16.6 Å². The molecule has 484 valence electrons. The molecule has 10 aromatic rings. The van der Waals surface area contributed by atoms with Gasteiger partial charge in [-0.05, 0) is 179 Å². The Morgan fingerprint density at radius 1 is 0.516 bits per heavy atom. The van der Waals surface area contributed by atoms with E-state index >= 15 is 0 Å². The minimum atomic E-state index is -2.68. The molecular formula is C87H97N4OPt-3. The normalized spacial score (nSPS) is 18.6. The molecular weight excluding hydrogens is 1310 g/mol. The van der Waals surface area contributed by atoms with Gasteiger partial charge in [0.25, 0.3) is 0 Å². The Hall–Kier alpha value is -7.20. The molecule has 0 amide bonds. The number of rotatable bonds is 8. The summed E-state index contributed by atoms with van der Waals surface area (Å²) < 4.78 is 120. The molecule has 1 aliphatic heterocycles. The van der Waals surface area contributed by atoms with E-state index in [-0.39, 0.29) is 117 Å². The second kappa shape index (κ2) is 22.7. The second-order valence-corrected chi connectivity index (χ2v) is 33.1. The van der Waals surface area contributed by atoms with E-state index in [9.17, 15) is 9.60 Å². The monoisotopic (exact) mass is 1420 g/mol. The van der Waals surface area contributed by atoms with Gasteiger partial charge in [0.1, 0.15) is 5.82 Å². The van der Waals surface area contributed by atoms with Crippen LogP contribution in [0.25, 0.3) is 61.0 Å². The summed E-state index contributed by atoms with van der Waals surface area (Å²) in [6.07, 6.45) is 5.42. The van der Waals surface area contributed by atoms with E-state index in [1.54, 1.807) is 29.0 Å². The second-order valence-electron chi connectivity index (χ2n) is 33.1. The van der Waals surface area contributed by atoms with E-state index in [1.807, 2.05) is 48.0 Å². The molecule has 5 nitrogen and oxygen atoms in total. The summed E-state index contributed by atoms with van der Waals surface area (Å²) >= 11 is 0. The summed E-state index contributed by atoms with van der Waals surface area (Å²) in [4.78, 5) is 9.36. The number of pyridine rings is 1. The zero-order valence-corrected chi connectivity index (χ0v) is 60.4. The first-order chi connectivity index (χ1) is 47.9. The fourth-order valence-electron chi connectivity index (χ4n) is 14.4. The van der Waals surface area contributed by atoms with E-state index < -0.39 is 47.9 Å². The Morgan fingerprint density at radius 3 is 1.62 bits per heavy atom. The van der Waals surface area contributed by atoms with Crippen LogP contribution in [0.2, 0.25) is 0 Å². The first-order valence-corrected chi connectivity index (χ1v) is 32.9. The summed E-state index contributed by atoms with van der Waals surface area (Å²) in [5.41, 5.74) is 13.1. The minimum Gasteiger partial charge on any atom is -0.509 e. The maximum atomic E-state index is 9.63. The molecule has 0 radical (unpaired) electrons. The molecule has 8 aromatic carbocycles. The topological polar surface area (TPSA) is 33.5 Å². The van der Waals surface area contributed by atoms with Crippen molar-refractivity contribution in [1.82, 2.24) is 9.55 Å². The number of hydrogen-bond donors (Lipinski definition) is 0. The molecule has 3 aliphatic rings. The van der Waals surface area contributed by atoms with Crippen LogP contribution in [0.15, 0.2) is 152 Å². The fraction of sp³-hybridized carbons (Fsp3) is 0.379. The van der Waals surface area contributed by atoms with Crippen LogP contribution in [0, 0.1) is 25.7 Å². The molecule has 6 heteroatoms. The third-order valence-corrected chi connectivity index (χ3v) is 20.3. The van der Waals surface area contributed by atoms with Crippen LogP contribution >= 0.6 is 0 Å². The van der Waals surface area contributed by atoms with Crippen molar-refractivity contribution >= 4 is 44.6 Å². The van der Waals surface area contributed by atoms with Crippen molar-refractivity contribution < 1.29 is 42.3 Å². The van der Waals surface area contributed by atoms with Crippen molar-refractivity contribution in [2.24, 2.45) is 0 Å². The summed E-state index contributed by atoms with van der Waals surface area (Å²) in [5, 5.41) is 0.641. The van der Waals surface area contributed by atoms with Gasteiger partial charge in [0, 0.05) is 82.1 Å². The smallest absolute Gasteiger partial charge is 0.135 e. The molecule has 0 fully saturated rings. The summed E-state index contributed by atoms with van der Waals surface area (Å²) in [6, 6.07) is 34.1. The largest absolute Gasteiger partial charge is 0.509 e. The number of aromatic nitrogens is 2. The number of anilines is 4. The number of fused-ring (bicyclic) bond motifs is 6. The van der Waals surface area contributed by atoms with Crippen LogP contribution in [0.4, 0.5) is 22.7 Å². The molecule has 0 N–H and O–H groups in total. The Balaban J connectivity index is 0.0000104. The van der Waals surface area contributed by atoms with E-state index in [1.165, 1.54) is 11.1 Å². The molecule has 0 bridgehead atoms. The molecule has 3 heterocycles.